The molecule has 0 aliphatic rings. The van der Waals surface area contributed by atoms with Gasteiger partial charge in [0.05, 0.1) is 0 Å². The average molecular weight is 180 g/mol. The molecule has 0 spiro atoms. The molecule has 1 rings (SSSR count). The van der Waals surface area contributed by atoms with Crippen LogP contribution in [0.2, 0.25) is 0 Å². The molecular formula is C10H16N2O. The van der Waals surface area contributed by atoms with Crippen molar-refractivity contribution in [2.24, 2.45) is 11.1 Å². The van der Waals surface area contributed by atoms with Crippen LogP contribution in [0.1, 0.15) is 25.5 Å². The lowest BCUT2D eigenvalue weighted by molar-refractivity contribution is 0.132. The van der Waals surface area contributed by atoms with Crippen LogP contribution >= 0.6 is 0 Å². The summed E-state index contributed by atoms with van der Waals surface area (Å²) in [6.07, 6.45) is 3.42. The smallest absolute Gasteiger partial charge is 0.0500 e. The number of pyridine rings is 1. The Kier molecular flexibility index (Phi) is 3.01. The van der Waals surface area contributed by atoms with Gasteiger partial charge in [-0.2, -0.15) is 0 Å². The fourth-order valence-corrected chi connectivity index (χ4v) is 1.12. The highest BCUT2D eigenvalue weighted by Crippen LogP contribution is 2.29. The summed E-state index contributed by atoms with van der Waals surface area (Å²) in [5.74, 6) is 0. The average Bonchev–Trinajstić information content (AvgIpc) is 2.18. The van der Waals surface area contributed by atoms with Crippen molar-refractivity contribution in [3.05, 3.63) is 30.1 Å². The van der Waals surface area contributed by atoms with Crippen LogP contribution in [0.4, 0.5) is 0 Å². The van der Waals surface area contributed by atoms with Gasteiger partial charge in [0, 0.05) is 30.5 Å². The molecule has 0 aliphatic carbocycles. The number of nitrogens with two attached hydrogens (primary N) is 1. The fraction of sp³-hybridized carbons (Fsp3) is 0.500. The van der Waals surface area contributed by atoms with Crippen LogP contribution in [0.3, 0.4) is 0 Å². The second kappa shape index (κ2) is 3.85. The monoisotopic (exact) mass is 180 g/mol. The molecule has 13 heavy (non-hydrogen) atoms. The van der Waals surface area contributed by atoms with Gasteiger partial charge in [0.1, 0.15) is 0 Å². The molecule has 0 bridgehead atoms. The fourth-order valence-electron chi connectivity index (χ4n) is 1.12. The van der Waals surface area contributed by atoms with E-state index in [1.165, 1.54) is 0 Å². The van der Waals surface area contributed by atoms with Crippen LogP contribution in [-0.4, -0.2) is 16.7 Å². The molecule has 1 atom stereocenters. The minimum Gasteiger partial charge on any atom is -0.396 e. The first kappa shape index (κ1) is 10.2. The second-order valence-electron chi connectivity index (χ2n) is 3.90. The summed E-state index contributed by atoms with van der Waals surface area (Å²) in [7, 11) is 0. The number of aliphatic hydroxyl groups excluding tert-OH is 1. The van der Waals surface area contributed by atoms with Crippen molar-refractivity contribution in [2.45, 2.75) is 19.9 Å². The van der Waals surface area contributed by atoms with E-state index in [0.29, 0.717) is 0 Å². The summed E-state index contributed by atoms with van der Waals surface area (Å²) < 4.78 is 0. The minimum absolute atomic E-state index is 0.0799. The van der Waals surface area contributed by atoms with Crippen molar-refractivity contribution in [2.75, 3.05) is 6.61 Å². The normalized spacial score (nSPS) is 14.2. The quantitative estimate of drug-likeness (QED) is 0.732. The maximum atomic E-state index is 9.13. The maximum Gasteiger partial charge on any atom is 0.0500 e. The van der Waals surface area contributed by atoms with Crippen molar-refractivity contribution in [3.8, 4) is 0 Å². The number of nitrogens with zero attached hydrogens (tertiary/aromatic N) is 1. The standard InChI is InChI=1S/C10H16N2O/c1-10(2,7-13)9(11)8-3-5-12-6-4-8/h3-6,9,13H,7,11H2,1-2H3/t9-/m1/s1. The van der Waals surface area contributed by atoms with Gasteiger partial charge in [-0.25, -0.2) is 0 Å². The Bertz CT molecular complexity index is 259. The van der Waals surface area contributed by atoms with Crippen LogP contribution in [0.5, 0.6) is 0 Å². The predicted octanol–water partition coefficient (Wildman–Crippen LogP) is 1.10. The van der Waals surface area contributed by atoms with Crippen molar-refractivity contribution in [3.63, 3.8) is 0 Å². The van der Waals surface area contributed by atoms with Crippen LogP contribution in [-0.2, 0) is 0 Å². The van der Waals surface area contributed by atoms with E-state index in [9.17, 15) is 0 Å². The molecule has 1 aromatic rings. The molecule has 0 amide bonds. The van der Waals surface area contributed by atoms with Crippen molar-refractivity contribution < 1.29 is 5.11 Å². The maximum absolute atomic E-state index is 9.13. The zero-order valence-corrected chi connectivity index (χ0v) is 8.07. The Balaban J connectivity index is 2.85. The first-order valence-corrected chi connectivity index (χ1v) is 4.34. The van der Waals surface area contributed by atoms with Crippen molar-refractivity contribution in [1.29, 1.82) is 0 Å². The van der Waals surface area contributed by atoms with Gasteiger partial charge in [-0.3, -0.25) is 4.98 Å². The lowest BCUT2D eigenvalue weighted by Gasteiger charge is -2.29. The Morgan fingerprint density at radius 1 is 1.46 bits per heavy atom. The van der Waals surface area contributed by atoms with Gasteiger partial charge in [-0.1, -0.05) is 13.8 Å². The second-order valence-corrected chi connectivity index (χ2v) is 3.90. The van der Waals surface area contributed by atoms with Gasteiger partial charge in [0.15, 0.2) is 0 Å². The van der Waals surface area contributed by atoms with E-state index in [0.717, 1.165) is 5.56 Å². The van der Waals surface area contributed by atoms with E-state index in [4.69, 9.17) is 10.8 Å². The van der Waals surface area contributed by atoms with Gasteiger partial charge in [-0.05, 0) is 17.7 Å². The topological polar surface area (TPSA) is 59.1 Å². The third-order valence-electron chi connectivity index (χ3n) is 2.31. The van der Waals surface area contributed by atoms with Crippen LogP contribution in [0.15, 0.2) is 24.5 Å². The number of hydrogen-bond donors (Lipinski definition) is 2. The highest BCUT2D eigenvalue weighted by Gasteiger charge is 2.26. The predicted molar refractivity (Wildman–Crippen MR) is 52.0 cm³/mol. The Labute approximate surface area is 78.6 Å². The molecule has 1 heterocycles. The van der Waals surface area contributed by atoms with E-state index in [2.05, 4.69) is 4.98 Å². The number of aromatic nitrogens is 1. The molecule has 0 unspecified atom stereocenters. The lowest BCUT2D eigenvalue weighted by atomic mass is 9.82. The molecular weight excluding hydrogens is 164 g/mol. The molecule has 72 valence electrons. The molecule has 0 saturated carbocycles. The zero-order valence-electron chi connectivity index (χ0n) is 8.07. The molecule has 0 radical (unpaired) electrons. The summed E-state index contributed by atoms with van der Waals surface area (Å²) in [5.41, 5.74) is 6.71. The highest BCUT2D eigenvalue weighted by atomic mass is 16.3. The van der Waals surface area contributed by atoms with E-state index < -0.39 is 0 Å². The molecule has 3 N–H and O–H groups in total. The molecule has 0 fully saturated rings. The Morgan fingerprint density at radius 2 is 2.00 bits per heavy atom. The number of hydrogen-bond acceptors (Lipinski definition) is 3. The molecule has 0 saturated heterocycles. The summed E-state index contributed by atoms with van der Waals surface area (Å²) >= 11 is 0. The lowest BCUT2D eigenvalue weighted by Crippen LogP contribution is -2.32. The largest absolute Gasteiger partial charge is 0.396 e. The molecule has 1 aromatic heterocycles. The number of aliphatic hydroxyl groups is 1. The van der Waals surface area contributed by atoms with Crippen LogP contribution in [0.25, 0.3) is 0 Å². The van der Waals surface area contributed by atoms with Gasteiger partial charge in [0.25, 0.3) is 0 Å². The van der Waals surface area contributed by atoms with E-state index >= 15 is 0 Å². The zero-order chi connectivity index (χ0) is 9.90. The van der Waals surface area contributed by atoms with Crippen molar-refractivity contribution >= 4 is 0 Å². The van der Waals surface area contributed by atoms with E-state index in [1.807, 2.05) is 26.0 Å². The van der Waals surface area contributed by atoms with Gasteiger partial charge in [0.2, 0.25) is 0 Å². The summed E-state index contributed by atoms with van der Waals surface area (Å²) in [6, 6.07) is 3.60. The summed E-state index contributed by atoms with van der Waals surface area (Å²) in [4.78, 5) is 3.92. The van der Waals surface area contributed by atoms with E-state index in [-0.39, 0.29) is 18.1 Å². The SMILES string of the molecule is CC(C)(CO)[C@H](N)c1ccncc1. The van der Waals surface area contributed by atoms with Crippen molar-refractivity contribution in [1.82, 2.24) is 4.98 Å². The first-order chi connectivity index (χ1) is 6.08. The third kappa shape index (κ3) is 2.26. The van der Waals surface area contributed by atoms with Gasteiger partial charge < -0.3 is 10.8 Å². The Morgan fingerprint density at radius 3 is 2.46 bits per heavy atom. The third-order valence-corrected chi connectivity index (χ3v) is 2.31. The van der Waals surface area contributed by atoms with Crippen LogP contribution in [0, 0.1) is 5.41 Å². The molecule has 0 aliphatic heterocycles. The summed E-state index contributed by atoms with van der Waals surface area (Å²) in [6.45, 7) is 3.96. The van der Waals surface area contributed by atoms with Gasteiger partial charge >= 0.3 is 0 Å². The van der Waals surface area contributed by atoms with Crippen LogP contribution < -0.4 is 5.73 Å². The first-order valence-electron chi connectivity index (χ1n) is 4.34. The molecule has 0 aromatic carbocycles. The Hall–Kier alpha value is -0.930. The highest BCUT2D eigenvalue weighted by molar-refractivity contribution is 5.16. The minimum atomic E-state index is -0.290. The molecule has 3 heteroatoms. The van der Waals surface area contributed by atoms with Gasteiger partial charge in [-0.15, -0.1) is 0 Å². The summed E-state index contributed by atoms with van der Waals surface area (Å²) in [5, 5.41) is 9.13. The van der Waals surface area contributed by atoms with E-state index in [1.54, 1.807) is 12.4 Å². The molecule has 3 nitrogen and oxygen atoms in total. The number of rotatable bonds is 3.